The fraction of sp³-hybridized carbons (Fsp3) is 0.750. The predicted octanol–water partition coefficient (Wildman–Crippen LogP) is 7.44. The minimum Gasteiger partial charge on any atom is -0.497 e. The van der Waals surface area contributed by atoms with Gasteiger partial charge in [-0.25, -0.2) is 0 Å². The van der Waals surface area contributed by atoms with Crippen molar-refractivity contribution in [3.63, 3.8) is 0 Å². The maximum absolute atomic E-state index is 13.1. The van der Waals surface area contributed by atoms with Crippen molar-refractivity contribution >= 4 is 5.97 Å². The van der Waals surface area contributed by atoms with Crippen LogP contribution in [0.4, 0.5) is 0 Å². The molecule has 1 N–H and O–H groups in total. The molecule has 2 fully saturated rings. The summed E-state index contributed by atoms with van der Waals surface area (Å²) in [4.78, 5) is 13.1. The number of aliphatic hydroxyl groups excluding tert-OH is 1. The Bertz CT molecular complexity index is 948. The van der Waals surface area contributed by atoms with E-state index in [0.717, 1.165) is 30.6 Å². The second kappa shape index (κ2) is 19.5. The SMILES string of the molecule is C=CCO[C@H]1[C@H](O)[C@H]2OC(C)(C)O[C@@H]2[C@@H](OCc2ccc(OC)cc2)[C@H]1OC(=O)CCCCCCCCCCCCCCC. The van der Waals surface area contributed by atoms with Gasteiger partial charge in [-0.1, -0.05) is 102 Å². The molecule has 1 aliphatic heterocycles. The molecule has 250 valence electrons. The molecule has 1 aromatic rings. The minimum atomic E-state index is -1.07. The monoisotopic (exact) mass is 618 g/mol. The molecule has 0 unspecified atom stereocenters. The van der Waals surface area contributed by atoms with Crippen molar-refractivity contribution in [2.45, 2.75) is 160 Å². The average Bonchev–Trinajstić information content (AvgIpc) is 3.34. The van der Waals surface area contributed by atoms with Crippen LogP contribution in [0, 0.1) is 0 Å². The summed E-state index contributed by atoms with van der Waals surface area (Å²) < 4.78 is 36.0. The summed E-state index contributed by atoms with van der Waals surface area (Å²) in [5, 5.41) is 11.3. The Hall–Kier alpha value is -1.97. The molecule has 8 heteroatoms. The van der Waals surface area contributed by atoms with Crippen molar-refractivity contribution in [3.05, 3.63) is 42.5 Å². The van der Waals surface area contributed by atoms with Gasteiger partial charge in [0.05, 0.1) is 20.3 Å². The topological polar surface area (TPSA) is 92.7 Å². The minimum absolute atomic E-state index is 0.182. The molecule has 1 aliphatic carbocycles. The Morgan fingerprint density at radius 1 is 0.841 bits per heavy atom. The molecular formula is C36H58O8. The number of fused-ring (bicyclic) bond motifs is 1. The number of benzene rings is 1. The zero-order valence-electron chi connectivity index (χ0n) is 27.7. The summed E-state index contributed by atoms with van der Waals surface area (Å²) in [7, 11) is 1.62. The van der Waals surface area contributed by atoms with Crippen molar-refractivity contribution in [2.75, 3.05) is 13.7 Å². The van der Waals surface area contributed by atoms with E-state index >= 15 is 0 Å². The largest absolute Gasteiger partial charge is 0.497 e. The third-order valence-corrected chi connectivity index (χ3v) is 8.57. The summed E-state index contributed by atoms with van der Waals surface area (Å²) in [6, 6.07) is 7.58. The molecule has 1 heterocycles. The van der Waals surface area contributed by atoms with Crippen LogP contribution >= 0.6 is 0 Å². The molecule has 0 aromatic heterocycles. The summed E-state index contributed by atoms with van der Waals surface area (Å²) in [6.07, 6.45) is 13.2. The highest BCUT2D eigenvalue weighted by molar-refractivity contribution is 5.69. The fourth-order valence-electron chi connectivity index (χ4n) is 6.20. The Balaban J connectivity index is 1.52. The van der Waals surface area contributed by atoms with E-state index in [1.165, 1.54) is 64.2 Å². The van der Waals surface area contributed by atoms with Crippen molar-refractivity contribution in [1.82, 2.24) is 0 Å². The maximum Gasteiger partial charge on any atom is 0.306 e. The first-order chi connectivity index (χ1) is 21.3. The predicted molar refractivity (Wildman–Crippen MR) is 172 cm³/mol. The van der Waals surface area contributed by atoms with E-state index in [-0.39, 0.29) is 19.2 Å². The fourth-order valence-corrected chi connectivity index (χ4v) is 6.20. The first kappa shape index (κ1) is 36.5. The Kier molecular flexibility index (Phi) is 16.2. The first-order valence-electron chi connectivity index (χ1n) is 17.0. The number of rotatable bonds is 22. The molecule has 1 aromatic carbocycles. The molecule has 3 rings (SSSR count). The van der Waals surface area contributed by atoms with Gasteiger partial charge in [-0.05, 0) is 38.0 Å². The molecule has 0 radical (unpaired) electrons. The number of hydrogen-bond acceptors (Lipinski definition) is 8. The zero-order chi connectivity index (χ0) is 31.8. The van der Waals surface area contributed by atoms with E-state index in [1.807, 2.05) is 24.3 Å². The third-order valence-electron chi connectivity index (χ3n) is 8.57. The number of aliphatic hydroxyl groups is 1. The van der Waals surface area contributed by atoms with Crippen LogP contribution in [0.1, 0.15) is 116 Å². The van der Waals surface area contributed by atoms with Gasteiger partial charge in [0.25, 0.3) is 0 Å². The van der Waals surface area contributed by atoms with E-state index in [2.05, 4.69) is 13.5 Å². The maximum atomic E-state index is 13.1. The molecule has 2 aliphatic rings. The van der Waals surface area contributed by atoms with Gasteiger partial charge in [0, 0.05) is 6.42 Å². The number of methoxy groups -OCH3 is 1. The van der Waals surface area contributed by atoms with Crippen molar-refractivity contribution < 1.29 is 38.3 Å². The van der Waals surface area contributed by atoms with E-state index in [4.69, 9.17) is 28.4 Å². The van der Waals surface area contributed by atoms with E-state index in [0.29, 0.717) is 6.42 Å². The number of unbranched alkanes of at least 4 members (excludes halogenated alkanes) is 12. The zero-order valence-corrected chi connectivity index (χ0v) is 27.7. The van der Waals surface area contributed by atoms with Crippen LogP contribution < -0.4 is 4.74 Å². The first-order valence-corrected chi connectivity index (χ1v) is 17.0. The Morgan fingerprint density at radius 2 is 1.41 bits per heavy atom. The third kappa shape index (κ3) is 11.8. The number of ether oxygens (including phenoxy) is 6. The molecule has 0 spiro atoms. The Labute approximate surface area is 265 Å². The van der Waals surface area contributed by atoms with Gasteiger partial charge in [-0.15, -0.1) is 6.58 Å². The standard InChI is InChI=1S/C36H58O8/c1-6-8-9-10-11-12-13-14-15-16-17-18-19-20-29(37)42-34-31(40-25-7-2)30(38)32-35(44-36(3,4)43-32)33(34)41-26-27-21-23-28(39-5)24-22-27/h7,21-24,30-35,38H,2,6,8-20,25-26H2,1,3-5H3/t30-,31-,32+,33-,34-,35-/m0/s1. The second-order valence-corrected chi connectivity index (χ2v) is 12.7. The van der Waals surface area contributed by atoms with Crippen molar-refractivity contribution in [2.24, 2.45) is 0 Å². The van der Waals surface area contributed by atoms with Gasteiger partial charge in [0.1, 0.15) is 36.3 Å². The number of hydrogen-bond donors (Lipinski definition) is 1. The molecular weight excluding hydrogens is 560 g/mol. The van der Waals surface area contributed by atoms with Crippen LogP contribution in [0.25, 0.3) is 0 Å². The van der Waals surface area contributed by atoms with Crippen LogP contribution in [0.5, 0.6) is 5.75 Å². The van der Waals surface area contributed by atoms with Gasteiger partial charge in [-0.3, -0.25) is 4.79 Å². The number of carbonyl (C=O) groups excluding carboxylic acids is 1. The van der Waals surface area contributed by atoms with Crippen molar-refractivity contribution in [3.8, 4) is 5.75 Å². The van der Waals surface area contributed by atoms with Gasteiger partial charge in [0.15, 0.2) is 11.9 Å². The highest BCUT2D eigenvalue weighted by atomic mass is 16.8. The lowest BCUT2D eigenvalue weighted by atomic mass is 9.84. The highest BCUT2D eigenvalue weighted by Gasteiger charge is 2.60. The van der Waals surface area contributed by atoms with E-state index in [9.17, 15) is 9.90 Å². The number of esters is 1. The van der Waals surface area contributed by atoms with Crippen LogP contribution in [0.2, 0.25) is 0 Å². The van der Waals surface area contributed by atoms with Gasteiger partial charge < -0.3 is 33.5 Å². The lowest BCUT2D eigenvalue weighted by molar-refractivity contribution is -0.232. The second-order valence-electron chi connectivity index (χ2n) is 12.7. The molecule has 6 atom stereocenters. The van der Waals surface area contributed by atoms with Gasteiger partial charge in [0.2, 0.25) is 0 Å². The summed E-state index contributed by atoms with van der Waals surface area (Å²) >= 11 is 0. The highest BCUT2D eigenvalue weighted by Crippen LogP contribution is 2.41. The van der Waals surface area contributed by atoms with E-state index < -0.39 is 42.4 Å². The molecule has 0 amide bonds. The molecule has 8 nitrogen and oxygen atoms in total. The summed E-state index contributed by atoms with van der Waals surface area (Å²) in [5.74, 6) is -0.511. The quantitative estimate of drug-likeness (QED) is 0.0814. The smallest absolute Gasteiger partial charge is 0.306 e. The molecule has 0 bridgehead atoms. The van der Waals surface area contributed by atoms with Crippen LogP contribution in [-0.2, 0) is 35.1 Å². The molecule has 44 heavy (non-hydrogen) atoms. The number of carbonyl (C=O) groups is 1. The van der Waals surface area contributed by atoms with Gasteiger partial charge >= 0.3 is 5.97 Å². The van der Waals surface area contributed by atoms with Crippen LogP contribution in [0.15, 0.2) is 36.9 Å². The summed E-state index contributed by atoms with van der Waals surface area (Å²) in [5.41, 5.74) is 0.923. The normalized spacial score (nSPS) is 25.8. The van der Waals surface area contributed by atoms with E-state index in [1.54, 1.807) is 27.0 Å². The lowest BCUT2D eigenvalue weighted by Crippen LogP contribution is -2.65. The van der Waals surface area contributed by atoms with Crippen molar-refractivity contribution in [1.29, 1.82) is 0 Å². The molecule has 1 saturated carbocycles. The van der Waals surface area contributed by atoms with Crippen LogP contribution in [0.3, 0.4) is 0 Å². The van der Waals surface area contributed by atoms with Crippen LogP contribution in [-0.4, -0.2) is 67.2 Å². The lowest BCUT2D eigenvalue weighted by Gasteiger charge is -2.44. The Morgan fingerprint density at radius 3 is 1.98 bits per heavy atom. The summed E-state index contributed by atoms with van der Waals surface area (Å²) in [6.45, 7) is 10.0. The average molecular weight is 619 g/mol. The van der Waals surface area contributed by atoms with Gasteiger partial charge in [-0.2, -0.15) is 0 Å². The molecule has 1 saturated heterocycles.